The highest BCUT2D eigenvalue weighted by molar-refractivity contribution is 5.85. The Bertz CT molecular complexity index is 857. The van der Waals surface area contributed by atoms with Crippen molar-refractivity contribution >= 4 is 11.8 Å². The third-order valence-electron chi connectivity index (χ3n) is 5.75. The van der Waals surface area contributed by atoms with Gasteiger partial charge in [0.15, 0.2) is 0 Å². The highest BCUT2D eigenvalue weighted by atomic mass is 16.2. The Morgan fingerprint density at radius 2 is 2.03 bits per heavy atom. The van der Waals surface area contributed by atoms with E-state index >= 15 is 0 Å². The van der Waals surface area contributed by atoms with Crippen LogP contribution >= 0.6 is 0 Å². The van der Waals surface area contributed by atoms with Gasteiger partial charge in [0.25, 0.3) is 0 Å². The molecule has 1 N–H and O–H groups in total. The van der Waals surface area contributed by atoms with Crippen LogP contribution in [-0.4, -0.2) is 68.6 Å². The number of hydrogen-bond acceptors (Lipinski definition) is 5. The van der Waals surface area contributed by atoms with E-state index in [2.05, 4.69) is 26.4 Å². The van der Waals surface area contributed by atoms with Gasteiger partial charge < -0.3 is 10.2 Å². The molecule has 154 valence electrons. The number of rotatable bonds is 6. The molecule has 0 spiro atoms. The van der Waals surface area contributed by atoms with Crippen molar-refractivity contribution in [2.75, 3.05) is 26.2 Å². The SMILES string of the molecule is Cn1nc(-c2ccccn2)cc1CN1CCC(NC(=O)CN2CCCC2=O)CC1. The molecule has 0 aromatic carbocycles. The maximum Gasteiger partial charge on any atom is 0.239 e. The zero-order valence-electron chi connectivity index (χ0n) is 16.9. The number of aryl methyl sites for hydroxylation is 1. The molecule has 0 radical (unpaired) electrons. The van der Waals surface area contributed by atoms with Gasteiger partial charge in [0.2, 0.25) is 11.8 Å². The molecule has 4 rings (SSSR count). The predicted octanol–water partition coefficient (Wildman–Crippen LogP) is 1.19. The fourth-order valence-electron chi connectivity index (χ4n) is 4.08. The Labute approximate surface area is 170 Å². The van der Waals surface area contributed by atoms with Gasteiger partial charge in [0, 0.05) is 51.9 Å². The molecule has 2 amide bonds. The molecule has 2 aliphatic heterocycles. The van der Waals surface area contributed by atoms with E-state index in [0.29, 0.717) is 13.0 Å². The molecular formula is C21H28N6O2. The number of amides is 2. The van der Waals surface area contributed by atoms with E-state index in [-0.39, 0.29) is 24.4 Å². The maximum absolute atomic E-state index is 12.2. The zero-order chi connectivity index (χ0) is 20.2. The molecule has 0 unspecified atom stereocenters. The Morgan fingerprint density at radius 1 is 1.21 bits per heavy atom. The van der Waals surface area contributed by atoms with Crippen LogP contribution in [0.2, 0.25) is 0 Å². The summed E-state index contributed by atoms with van der Waals surface area (Å²) in [5.41, 5.74) is 2.93. The zero-order valence-corrected chi connectivity index (χ0v) is 16.9. The molecule has 0 atom stereocenters. The second kappa shape index (κ2) is 8.73. The molecule has 8 nitrogen and oxygen atoms in total. The van der Waals surface area contributed by atoms with Crippen LogP contribution in [-0.2, 0) is 23.2 Å². The first-order chi connectivity index (χ1) is 14.1. The Morgan fingerprint density at radius 3 is 2.72 bits per heavy atom. The number of carbonyl (C=O) groups is 2. The van der Waals surface area contributed by atoms with E-state index < -0.39 is 0 Å². The van der Waals surface area contributed by atoms with Crippen molar-refractivity contribution in [2.45, 2.75) is 38.3 Å². The maximum atomic E-state index is 12.2. The summed E-state index contributed by atoms with van der Waals surface area (Å²) in [6.45, 7) is 3.59. The van der Waals surface area contributed by atoms with Gasteiger partial charge in [-0.05, 0) is 37.5 Å². The highest BCUT2D eigenvalue weighted by Gasteiger charge is 2.25. The van der Waals surface area contributed by atoms with Gasteiger partial charge in [-0.1, -0.05) is 6.07 Å². The van der Waals surface area contributed by atoms with Gasteiger partial charge in [0.05, 0.1) is 17.9 Å². The van der Waals surface area contributed by atoms with Crippen LogP contribution in [0.3, 0.4) is 0 Å². The molecule has 0 aliphatic carbocycles. The first kappa shape index (κ1) is 19.6. The van der Waals surface area contributed by atoms with E-state index in [4.69, 9.17) is 0 Å². The smallest absolute Gasteiger partial charge is 0.239 e. The van der Waals surface area contributed by atoms with Crippen LogP contribution in [0, 0.1) is 0 Å². The summed E-state index contributed by atoms with van der Waals surface area (Å²) in [6, 6.07) is 8.13. The van der Waals surface area contributed by atoms with Crippen LogP contribution in [0.25, 0.3) is 11.4 Å². The number of nitrogens with one attached hydrogen (secondary N) is 1. The van der Waals surface area contributed by atoms with Crippen molar-refractivity contribution in [1.82, 2.24) is 29.9 Å². The van der Waals surface area contributed by atoms with Crippen LogP contribution < -0.4 is 5.32 Å². The summed E-state index contributed by atoms with van der Waals surface area (Å²) in [6.07, 6.45) is 5.06. The summed E-state index contributed by atoms with van der Waals surface area (Å²) in [5.74, 6) is 0.0570. The van der Waals surface area contributed by atoms with Gasteiger partial charge in [-0.3, -0.25) is 24.2 Å². The normalized spacial score (nSPS) is 18.4. The van der Waals surface area contributed by atoms with Crippen LogP contribution in [0.4, 0.5) is 0 Å². The van der Waals surface area contributed by atoms with E-state index in [1.165, 1.54) is 0 Å². The fraction of sp³-hybridized carbons (Fsp3) is 0.524. The number of likely N-dealkylation sites (tertiary alicyclic amines) is 2. The minimum Gasteiger partial charge on any atom is -0.352 e. The average molecular weight is 396 g/mol. The molecule has 2 aromatic rings. The molecule has 8 heteroatoms. The van der Waals surface area contributed by atoms with Gasteiger partial charge in [-0.2, -0.15) is 5.10 Å². The molecule has 0 bridgehead atoms. The molecule has 2 aliphatic rings. The first-order valence-corrected chi connectivity index (χ1v) is 10.3. The van der Waals surface area contributed by atoms with E-state index in [0.717, 1.165) is 56.0 Å². The fourth-order valence-corrected chi connectivity index (χ4v) is 4.08. The quantitative estimate of drug-likeness (QED) is 0.793. The molecular weight excluding hydrogens is 368 g/mol. The molecule has 2 fully saturated rings. The Hall–Kier alpha value is -2.74. The second-order valence-electron chi connectivity index (χ2n) is 7.90. The van der Waals surface area contributed by atoms with Crippen LogP contribution in [0.5, 0.6) is 0 Å². The van der Waals surface area contributed by atoms with Gasteiger partial charge >= 0.3 is 0 Å². The topological polar surface area (TPSA) is 83.4 Å². The third-order valence-corrected chi connectivity index (χ3v) is 5.75. The molecule has 29 heavy (non-hydrogen) atoms. The van der Waals surface area contributed by atoms with Crippen molar-refractivity contribution < 1.29 is 9.59 Å². The van der Waals surface area contributed by atoms with Crippen molar-refractivity contribution in [2.24, 2.45) is 7.05 Å². The van der Waals surface area contributed by atoms with E-state index in [9.17, 15) is 9.59 Å². The van der Waals surface area contributed by atoms with Gasteiger partial charge in [-0.25, -0.2) is 0 Å². The van der Waals surface area contributed by atoms with Crippen molar-refractivity contribution in [1.29, 1.82) is 0 Å². The molecule has 2 saturated heterocycles. The second-order valence-corrected chi connectivity index (χ2v) is 7.90. The number of nitrogens with zero attached hydrogens (tertiary/aromatic N) is 5. The number of pyridine rings is 1. The van der Waals surface area contributed by atoms with Crippen LogP contribution in [0.1, 0.15) is 31.4 Å². The Balaban J connectivity index is 1.25. The minimum absolute atomic E-state index is 0.0367. The van der Waals surface area contributed by atoms with Crippen molar-refractivity contribution in [3.05, 3.63) is 36.2 Å². The number of aromatic nitrogens is 3. The van der Waals surface area contributed by atoms with Gasteiger partial charge in [-0.15, -0.1) is 0 Å². The van der Waals surface area contributed by atoms with Crippen molar-refractivity contribution in [3.63, 3.8) is 0 Å². The third kappa shape index (κ3) is 4.82. The van der Waals surface area contributed by atoms with Crippen LogP contribution in [0.15, 0.2) is 30.5 Å². The standard InChI is InChI=1S/C21H28N6O2/c1-25-17(13-19(24-25)18-5-2-3-9-22-18)14-26-11-7-16(8-12-26)23-20(28)15-27-10-4-6-21(27)29/h2-3,5,9,13,16H,4,6-8,10-12,14-15H2,1H3,(H,23,28). The first-order valence-electron chi connectivity index (χ1n) is 10.3. The van der Waals surface area contributed by atoms with E-state index in [1.807, 2.05) is 29.9 Å². The largest absolute Gasteiger partial charge is 0.352 e. The lowest BCUT2D eigenvalue weighted by molar-refractivity contribution is -0.133. The number of carbonyl (C=O) groups excluding carboxylic acids is 2. The lowest BCUT2D eigenvalue weighted by Gasteiger charge is -2.32. The highest BCUT2D eigenvalue weighted by Crippen LogP contribution is 2.19. The summed E-state index contributed by atoms with van der Waals surface area (Å²) in [7, 11) is 1.97. The van der Waals surface area contributed by atoms with Gasteiger partial charge in [0.1, 0.15) is 5.69 Å². The number of hydrogen-bond donors (Lipinski definition) is 1. The lowest BCUT2D eigenvalue weighted by atomic mass is 10.0. The van der Waals surface area contributed by atoms with Crippen molar-refractivity contribution in [3.8, 4) is 11.4 Å². The van der Waals surface area contributed by atoms with E-state index in [1.54, 1.807) is 11.1 Å². The molecule has 0 saturated carbocycles. The predicted molar refractivity (Wildman–Crippen MR) is 109 cm³/mol. The average Bonchev–Trinajstić information content (AvgIpc) is 3.29. The summed E-state index contributed by atoms with van der Waals surface area (Å²) >= 11 is 0. The summed E-state index contributed by atoms with van der Waals surface area (Å²) in [5, 5.41) is 7.70. The molecule has 4 heterocycles. The summed E-state index contributed by atoms with van der Waals surface area (Å²) in [4.78, 5) is 32.3. The molecule has 2 aromatic heterocycles. The minimum atomic E-state index is -0.0367. The monoisotopic (exact) mass is 396 g/mol. The summed E-state index contributed by atoms with van der Waals surface area (Å²) < 4.78 is 1.92. The Kier molecular flexibility index (Phi) is 5.89. The lowest BCUT2D eigenvalue weighted by Crippen LogP contribution is -2.47. The number of piperidine rings is 1.